The Kier molecular flexibility index (Phi) is 7.57. The zero-order valence-corrected chi connectivity index (χ0v) is 19.8. The zero-order chi connectivity index (χ0) is 24.8. The molecule has 2 heterocycles. The largest absolute Gasteiger partial charge is 0.507 e. The van der Waals surface area contributed by atoms with E-state index in [9.17, 15) is 14.7 Å². The van der Waals surface area contributed by atoms with Gasteiger partial charge in [0, 0.05) is 38.2 Å². The van der Waals surface area contributed by atoms with Crippen LogP contribution in [0.4, 0.5) is 0 Å². The van der Waals surface area contributed by atoms with Crippen LogP contribution in [-0.2, 0) is 20.9 Å². The zero-order valence-electron chi connectivity index (χ0n) is 19.8. The van der Waals surface area contributed by atoms with Crippen LogP contribution in [0, 0.1) is 6.92 Å². The van der Waals surface area contributed by atoms with Crippen LogP contribution in [0.25, 0.3) is 5.76 Å². The molecule has 1 aliphatic rings. The maximum atomic E-state index is 13.1. The number of aliphatic hydroxyl groups excluding tert-OH is 1. The Morgan fingerprint density at radius 1 is 1.06 bits per heavy atom. The number of Topliss-reactive ketones (excluding diaryl/α,β-unsaturated/α-hetero) is 1. The van der Waals surface area contributed by atoms with Gasteiger partial charge in [-0.25, -0.2) is 0 Å². The molecule has 1 amide bonds. The minimum Gasteiger partial charge on any atom is -0.507 e. The van der Waals surface area contributed by atoms with Crippen molar-refractivity contribution >= 4 is 17.4 Å². The molecule has 1 aliphatic heterocycles. The molecule has 1 N–H and O–H groups in total. The third-order valence-electron chi connectivity index (χ3n) is 5.99. The number of ketones is 1. The fourth-order valence-electron chi connectivity index (χ4n) is 4.23. The average molecular weight is 473 g/mol. The standard InChI is InChI=1S/C28H28N2O5/c1-19-17-22(9-10-23(19)35-18-20-7-4-3-5-8-20)26(31)24-25(21-11-13-29-14-12-21)30(15-6-16-34-2)28(33)27(24)32/h3-5,7-14,17,25,31H,6,15-16,18H2,1-2H3/b26-24+. The SMILES string of the molecule is COCCCN1C(=O)C(=O)/C(=C(/O)c2ccc(OCc3ccccc3)c(C)c2)C1c1ccncc1. The van der Waals surface area contributed by atoms with Gasteiger partial charge in [-0.3, -0.25) is 14.6 Å². The van der Waals surface area contributed by atoms with Crippen molar-refractivity contribution in [2.75, 3.05) is 20.3 Å². The van der Waals surface area contributed by atoms with Crippen molar-refractivity contribution in [3.63, 3.8) is 0 Å². The number of carbonyl (C=O) groups excluding carboxylic acids is 2. The summed E-state index contributed by atoms with van der Waals surface area (Å²) in [5.74, 6) is -0.874. The summed E-state index contributed by atoms with van der Waals surface area (Å²) in [4.78, 5) is 31.5. The number of likely N-dealkylation sites (tertiary alicyclic amines) is 1. The highest BCUT2D eigenvalue weighted by Gasteiger charge is 2.45. The Hall–Kier alpha value is -3.97. The van der Waals surface area contributed by atoms with Gasteiger partial charge in [0.25, 0.3) is 11.7 Å². The monoisotopic (exact) mass is 472 g/mol. The normalized spacial score (nSPS) is 17.1. The van der Waals surface area contributed by atoms with Crippen molar-refractivity contribution in [2.45, 2.75) is 26.0 Å². The van der Waals surface area contributed by atoms with Crippen molar-refractivity contribution in [3.05, 3.63) is 101 Å². The minimum atomic E-state index is -0.705. The van der Waals surface area contributed by atoms with Crippen LogP contribution in [0.5, 0.6) is 5.75 Å². The van der Waals surface area contributed by atoms with Crippen LogP contribution in [0.15, 0.2) is 78.6 Å². The fourth-order valence-corrected chi connectivity index (χ4v) is 4.23. The Morgan fingerprint density at radius 3 is 2.49 bits per heavy atom. The summed E-state index contributed by atoms with van der Waals surface area (Å²) in [6.07, 6.45) is 3.78. The van der Waals surface area contributed by atoms with Gasteiger partial charge >= 0.3 is 0 Å². The number of pyridine rings is 1. The fraction of sp³-hybridized carbons (Fsp3) is 0.250. The summed E-state index contributed by atoms with van der Waals surface area (Å²) in [6, 6.07) is 17.9. The maximum Gasteiger partial charge on any atom is 0.295 e. The molecule has 4 rings (SSSR count). The molecule has 0 radical (unpaired) electrons. The molecule has 1 saturated heterocycles. The van der Waals surface area contributed by atoms with E-state index in [1.54, 1.807) is 49.8 Å². The number of hydrogen-bond acceptors (Lipinski definition) is 6. The predicted molar refractivity (Wildman–Crippen MR) is 132 cm³/mol. The van der Waals surface area contributed by atoms with Crippen molar-refractivity contribution in [1.82, 2.24) is 9.88 Å². The summed E-state index contributed by atoms with van der Waals surface area (Å²) in [6.45, 7) is 3.08. The molecular formula is C28H28N2O5. The number of carbonyl (C=O) groups is 2. The molecule has 1 aromatic heterocycles. The second kappa shape index (κ2) is 11.0. The lowest BCUT2D eigenvalue weighted by Gasteiger charge is -2.25. The van der Waals surface area contributed by atoms with Crippen LogP contribution < -0.4 is 4.74 Å². The van der Waals surface area contributed by atoms with Crippen LogP contribution in [0.3, 0.4) is 0 Å². The van der Waals surface area contributed by atoms with E-state index in [0.29, 0.717) is 43.1 Å². The molecule has 2 aromatic carbocycles. The first-order valence-electron chi connectivity index (χ1n) is 11.5. The number of hydrogen-bond donors (Lipinski definition) is 1. The third-order valence-corrected chi connectivity index (χ3v) is 5.99. The van der Waals surface area contributed by atoms with Crippen LogP contribution in [0.2, 0.25) is 0 Å². The van der Waals surface area contributed by atoms with Gasteiger partial charge < -0.3 is 19.5 Å². The lowest BCUT2D eigenvalue weighted by atomic mass is 9.95. The molecule has 3 aromatic rings. The van der Waals surface area contributed by atoms with Gasteiger partial charge in [-0.2, -0.15) is 0 Å². The van der Waals surface area contributed by atoms with Gasteiger partial charge in [0.15, 0.2) is 0 Å². The highest BCUT2D eigenvalue weighted by atomic mass is 16.5. The van der Waals surface area contributed by atoms with Gasteiger partial charge in [0.1, 0.15) is 18.1 Å². The first-order chi connectivity index (χ1) is 17.0. The molecule has 1 atom stereocenters. The lowest BCUT2D eigenvalue weighted by Crippen LogP contribution is -2.31. The molecule has 35 heavy (non-hydrogen) atoms. The lowest BCUT2D eigenvalue weighted by molar-refractivity contribution is -0.140. The van der Waals surface area contributed by atoms with E-state index in [0.717, 1.165) is 11.1 Å². The number of amides is 1. The van der Waals surface area contributed by atoms with E-state index in [1.807, 2.05) is 37.3 Å². The van der Waals surface area contributed by atoms with Crippen molar-refractivity contribution in [3.8, 4) is 5.75 Å². The highest BCUT2D eigenvalue weighted by molar-refractivity contribution is 6.46. The van der Waals surface area contributed by atoms with Gasteiger partial charge in [-0.1, -0.05) is 30.3 Å². The molecule has 0 saturated carbocycles. The van der Waals surface area contributed by atoms with Gasteiger partial charge in [-0.15, -0.1) is 0 Å². The molecule has 0 aliphatic carbocycles. The molecule has 1 unspecified atom stereocenters. The van der Waals surface area contributed by atoms with Crippen molar-refractivity contribution in [1.29, 1.82) is 0 Å². The van der Waals surface area contributed by atoms with Crippen LogP contribution >= 0.6 is 0 Å². The van der Waals surface area contributed by atoms with Crippen molar-refractivity contribution in [2.24, 2.45) is 0 Å². The van der Waals surface area contributed by atoms with E-state index in [-0.39, 0.29) is 11.3 Å². The summed E-state index contributed by atoms with van der Waals surface area (Å²) in [7, 11) is 1.59. The summed E-state index contributed by atoms with van der Waals surface area (Å²) in [5, 5.41) is 11.3. The number of rotatable bonds is 9. The number of methoxy groups -OCH3 is 1. The third kappa shape index (κ3) is 5.25. The molecule has 0 spiro atoms. The Morgan fingerprint density at radius 2 is 1.80 bits per heavy atom. The second-order valence-corrected chi connectivity index (χ2v) is 8.37. The highest BCUT2D eigenvalue weighted by Crippen LogP contribution is 2.39. The topological polar surface area (TPSA) is 89.0 Å². The van der Waals surface area contributed by atoms with E-state index < -0.39 is 17.7 Å². The second-order valence-electron chi connectivity index (χ2n) is 8.37. The van der Waals surface area contributed by atoms with Crippen LogP contribution in [-0.4, -0.2) is 46.9 Å². The first-order valence-corrected chi connectivity index (χ1v) is 11.5. The Labute approximate surface area is 204 Å². The predicted octanol–water partition coefficient (Wildman–Crippen LogP) is 4.43. The molecule has 180 valence electrons. The molecule has 0 bridgehead atoms. The Bertz CT molecular complexity index is 1220. The molecule has 1 fully saturated rings. The van der Waals surface area contributed by atoms with Gasteiger partial charge in [-0.05, 0) is 60.4 Å². The summed E-state index contributed by atoms with van der Waals surface area (Å²) < 4.78 is 11.1. The van der Waals surface area contributed by atoms with Gasteiger partial charge in [0.05, 0.1) is 11.6 Å². The molecule has 7 heteroatoms. The van der Waals surface area contributed by atoms with Crippen molar-refractivity contribution < 1.29 is 24.2 Å². The number of ether oxygens (including phenoxy) is 2. The number of benzene rings is 2. The molecular weight excluding hydrogens is 444 g/mol. The maximum absolute atomic E-state index is 13.1. The number of aliphatic hydroxyl groups is 1. The quantitative estimate of drug-likeness (QED) is 0.215. The number of nitrogens with zero attached hydrogens (tertiary/aromatic N) is 2. The van der Waals surface area contributed by atoms with E-state index in [2.05, 4.69) is 4.98 Å². The summed E-state index contributed by atoms with van der Waals surface area (Å²) in [5.41, 5.74) is 3.07. The number of aryl methyl sites for hydroxylation is 1. The minimum absolute atomic E-state index is 0.0657. The van der Waals surface area contributed by atoms with Gasteiger partial charge in [0.2, 0.25) is 0 Å². The molecule has 7 nitrogen and oxygen atoms in total. The average Bonchev–Trinajstić information content (AvgIpc) is 3.14. The van der Waals surface area contributed by atoms with Crippen LogP contribution in [0.1, 0.15) is 34.7 Å². The van der Waals surface area contributed by atoms with E-state index in [4.69, 9.17) is 9.47 Å². The Balaban J connectivity index is 1.66. The van der Waals surface area contributed by atoms with E-state index >= 15 is 0 Å². The summed E-state index contributed by atoms with van der Waals surface area (Å²) >= 11 is 0. The smallest absolute Gasteiger partial charge is 0.295 e. The van der Waals surface area contributed by atoms with E-state index in [1.165, 1.54) is 4.90 Å². The first kappa shape index (κ1) is 24.2. The number of aromatic nitrogens is 1.